The molecule has 8 aromatic rings. The zero-order valence-electron chi connectivity index (χ0n) is 25.0. The second-order valence-corrected chi connectivity index (χ2v) is 11.2. The molecule has 2 aromatic heterocycles. The summed E-state index contributed by atoms with van der Waals surface area (Å²) in [6, 6.07) is 54.5. The summed E-state index contributed by atoms with van der Waals surface area (Å²) in [6.07, 6.45) is 3.54. The first kappa shape index (κ1) is 27.3. The van der Waals surface area contributed by atoms with Crippen molar-refractivity contribution in [3.05, 3.63) is 170 Å². The Kier molecular flexibility index (Phi) is 7.14. The molecule has 0 unspecified atom stereocenters. The molecule has 8 rings (SSSR count). The van der Waals surface area contributed by atoms with Gasteiger partial charge in [-0.05, 0) is 69.8 Å². The van der Waals surface area contributed by atoms with Gasteiger partial charge >= 0.3 is 0 Å². The summed E-state index contributed by atoms with van der Waals surface area (Å²) in [5.41, 5.74) is 11.4. The van der Waals surface area contributed by atoms with E-state index in [1.165, 1.54) is 11.1 Å². The van der Waals surface area contributed by atoms with E-state index >= 15 is 0 Å². The Labute approximate surface area is 267 Å². The Bertz CT molecular complexity index is 2270. The third-order valence-corrected chi connectivity index (χ3v) is 8.19. The van der Waals surface area contributed by atoms with Crippen LogP contribution in [0.25, 0.3) is 78.3 Å². The molecule has 0 spiro atoms. The van der Waals surface area contributed by atoms with Gasteiger partial charge < -0.3 is 0 Å². The van der Waals surface area contributed by atoms with Gasteiger partial charge in [0, 0.05) is 34.5 Å². The topological polar surface area (TPSA) is 51.6 Å². The van der Waals surface area contributed by atoms with E-state index in [1.807, 2.05) is 36.4 Å². The van der Waals surface area contributed by atoms with Gasteiger partial charge in [0.15, 0.2) is 11.6 Å². The minimum absolute atomic E-state index is 0.650. The zero-order chi connectivity index (χ0) is 30.7. The van der Waals surface area contributed by atoms with E-state index in [0.29, 0.717) is 11.6 Å². The molecule has 216 valence electrons. The fourth-order valence-electron chi connectivity index (χ4n) is 5.87. The van der Waals surface area contributed by atoms with E-state index in [0.717, 1.165) is 55.5 Å². The maximum Gasteiger partial charge on any atom is 0.160 e. The Hall–Kier alpha value is -6.26. The summed E-state index contributed by atoms with van der Waals surface area (Å²) in [4.78, 5) is 19.6. The van der Waals surface area contributed by atoms with Crippen LogP contribution in [0.5, 0.6) is 0 Å². The minimum atomic E-state index is 0.650. The largest absolute Gasteiger partial charge is 0.237 e. The molecule has 0 saturated heterocycles. The second-order valence-electron chi connectivity index (χ2n) is 11.2. The molecule has 0 atom stereocenters. The van der Waals surface area contributed by atoms with Crippen molar-refractivity contribution in [3.8, 4) is 67.4 Å². The lowest BCUT2D eigenvalue weighted by Crippen LogP contribution is -1.97. The van der Waals surface area contributed by atoms with Crippen molar-refractivity contribution in [3.63, 3.8) is 0 Å². The Morgan fingerprint density at radius 2 is 0.783 bits per heavy atom. The van der Waals surface area contributed by atoms with Crippen LogP contribution >= 0.6 is 0 Å². The molecular formula is C42H28N4. The smallest absolute Gasteiger partial charge is 0.160 e. The monoisotopic (exact) mass is 588 g/mol. The fourth-order valence-corrected chi connectivity index (χ4v) is 5.87. The first-order valence-electron chi connectivity index (χ1n) is 15.3. The van der Waals surface area contributed by atoms with Gasteiger partial charge in [0.25, 0.3) is 0 Å². The fraction of sp³-hybridized carbons (Fsp3) is 0. The Balaban J connectivity index is 1.32. The molecule has 0 bridgehead atoms. The van der Waals surface area contributed by atoms with Gasteiger partial charge in [-0.3, -0.25) is 0 Å². The maximum absolute atomic E-state index is 5.22. The van der Waals surface area contributed by atoms with E-state index in [-0.39, 0.29) is 0 Å². The molecule has 2 heterocycles. The van der Waals surface area contributed by atoms with Crippen molar-refractivity contribution in [2.75, 3.05) is 0 Å². The first-order valence-corrected chi connectivity index (χ1v) is 15.3. The molecule has 0 N–H and O–H groups in total. The lowest BCUT2D eigenvalue weighted by Gasteiger charge is -2.13. The first-order chi connectivity index (χ1) is 22.8. The van der Waals surface area contributed by atoms with Crippen molar-refractivity contribution < 1.29 is 0 Å². The van der Waals surface area contributed by atoms with Gasteiger partial charge in [-0.25, -0.2) is 19.9 Å². The minimum Gasteiger partial charge on any atom is -0.237 e. The summed E-state index contributed by atoms with van der Waals surface area (Å²) in [5, 5.41) is 1.01. The molecule has 4 heteroatoms. The highest BCUT2D eigenvalue weighted by Gasteiger charge is 2.16. The molecule has 0 radical (unpaired) electrons. The highest BCUT2D eigenvalue weighted by molar-refractivity contribution is 5.96. The standard InChI is InChI=1S/C42H28N4/c1-4-11-29(12-5-1)31-17-19-32(20-18-31)35-25-36(41-43-23-10-24-44-41)27-37(26-35)42-45-39-28-34(30-13-6-2-7-14-30)21-22-38(39)40(46-42)33-15-8-3-9-16-33/h1-28H. The van der Waals surface area contributed by atoms with Crippen LogP contribution < -0.4 is 0 Å². The number of benzene rings is 6. The summed E-state index contributed by atoms with van der Waals surface area (Å²) in [6.45, 7) is 0. The maximum atomic E-state index is 5.22. The van der Waals surface area contributed by atoms with Crippen LogP contribution in [0.3, 0.4) is 0 Å². The highest BCUT2D eigenvalue weighted by Crippen LogP contribution is 2.35. The van der Waals surface area contributed by atoms with E-state index in [9.17, 15) is 0 Å². The molecule has 0 fully saturated rings. The van der Waals surface area contributed by atoms with Gasteiger partial charge in [-0.1, -0.05) is 121 Å². The van der Waals surface area contributed by atoms with Crippen molar-refractivity contribution >= 4 is 10.9 Å². The van der Waals surface area contributed by atoms with Gasteiger partial charge in [-0.15, -0.1) is 0 Å². The summed E-state index contributed by atoms with van der Waals surface area (Å²) in [7, 11) is 0. The van der Waals surface area contributed by atoms with Gasteiger partial charge in [-0.2, -0.15) is 0 Å². The van der Waals surface area contributed by atoms with Crippen LogP contribution in [-0.4, -0.2) is 19.9 Å². The van der Waals surface area contributed by atoms with Crippen molar-refractivity contribution in [1.29, 1.82) is 0 Å². The average Bonchev–Trinajstić information content (AvgIpc) is 3.15. The lowest BCUT2D eigenvalue weighted by atomic mass is 9.96. The lowest BCUT2D eigenvalue weighted by molar-refractivity contribution is 1.17. The third kappa shape index (κ3) is 5.44. The Morgan fingerprint density at radius 3 is 1.41 bits per heavy atom. The van der Waals surface area contributed by atoms with E-state index in [4.69, 9.17) is 9.97 Å². The number of hydrogen-bond acceptors (Lipinski definition) is 4. The SMILES string of the molecule is c1ccc(-c2ccc(-c3cc(-c4ncccn4)cc(-c4nc(-c5ccccc5)c5ccc(-c6ccccc6)cc5n4)c3)cc2)cc1. The molecule has 0 aliphatic heterocycles. The second kappa shape index (κ2) is 12.0. The molecule has 4 nitrogen and oxygen atoms in total. The molecule has 0 saturated carbocycles. The molecule has 0 amide bonds. The van der Waals surface area contributed by atoms with Gasteiger partial charge in [0.1, 0.15) is 0 Å². The van der Waals surface area contributed by atoms with E-state index < -0.39 is 0 Å². The predicted octanol–water partition coefficient (Wildman–Crippen LogP) is 10.4. The molecule has 46 heavy (non-hydrogen) atoms. The summed E-state index contributed by atoms with van der Waals surface area (Å²) >= 11 is 0. The summed E-state index contributed by atoms with van der Waals surface area (Å²) < 4.78 is 0. The van der Waals surface area contributed by atoms with Crippen LogP contribution in [0.4, 0.5) is 0 Å². The van der Waals surface area contributed by atoms with E-state index in [2.05, 4.69) is 131 Å². The van der Waals surface area contributed by atoms with Crippen LogP contribution in [0, 0.1) is 0 Å². The number of hydrogen-bond donors (Lipinski definition) is 0. The van der Waals surface area contributed by atoms with E-state index in [1.54, 1.807) is 12.4 Å². The number of aromatic nitrogens is 4. The van der Waals surface area contributed by atoms with Crippen molar-refractivity contribution in [2.45, 2.75) is 0 Å². The van der Waals surface area contributed by atoms with Crippen LogP contribution in [0.1, 0.15) is 0 Å². The third-order valence-electron chi connectivity index (χ3n) is 8.19. The predicted molar refractivity (Wildman–Crippen MR) is 188 cm³/mol. The molecule has 0 aliphatic carbocycles. The number of nitrogens with zero attached hydrogens (tertiary/aromatic N) is 4. The van der Waals surface area contributed by atoms with Crippen molar-refractivity contribution in [1.82, 2.24) is 19.9 Å². The molecular weight excluding hydrogens is 560 g/mol. The quantitative estimate of drug-likeness (QED) is 0.194. The van der Waals surface area contributed by atoms with Crippen molar-refractivity contribution in [2.24, 2.45) is 0 Å². The highest BCUT2D eigenvalue weighted by atomic mass is 14.9. The Morgan fingerprint density at radius 1 is 0.304 bits per heavy atom. The summed E-state index contributed by atoms with van der Waals surface area (Å²) in [5.74, 6) is 1.30. The van der Waals surface area contributed by atoms with Crippen LogP contribution in [0.2, 0.25) is 0 Å². The number of fused-ring (bicyclic) bond motifs is 1. The zero-order valence-corrected chi connectivity index (χ0v) is 25.0. The van der Waals surface area contributed by atoms with Gasteiger partial charge in [0.05, 0.1) is 11.2 Å². The normalized spacial score (nSPS) is 11.0. The number of rotatable bonds is 6. The molecule has 6 aromatic carbocycles. The van der Waals surface area contributed by atoms with Crippen LogP contribution in [0.15, 0.2) is 170 Å². The molecule has 0 aliphatic rings. The van der Waals surface area contributed by atoms with Crippen LogP contribution in [-0.2, 0) is 0 Å². The van der Waals surface area contributed by atoms with Gasteiger partial charge in [0.2, 0.25) is 0 Å². The average molecular weight is 589 g/mol.